The molecule has 0 saturated carbocycles. The number of halogens is 3. The van der Waals surface area contributed by atoms with Gasteiger partial charge in [0.2, 0.25) is 5.95 Å². The van der Waals surface area contributed by atoms with Crippen molar-refractivity contribution in [2.75, 3.05) is 37.3 Å². The lowest BCUT2D eigenvalue weighted by molar-refractivity contribution is -0.141. The number of nitrogens with two attached hydrogens (primary N) is 1. The number of alkyl halides is 3. The van der Waals surface area contributed by atoms with Crippen LogP contribution in [0.4, 0.5) is 24.9 Å². The first kappa shape index (κ1) is 15.8. The zero-order valence-corrected chi connectivity index (χ0v) is 12.2. The van der Waals surface area contributed by atoms with Gasteiger partial charge in [-0.1, -0.05) is 6.92 Å². The van der Waals surface area contributed by atoms with E-state index in [1.165, 1.54) is 0 Å². The van der Waals surface area contributed by atoms with Gasteiger partial charge in [-0.25, -0.2) is 4.98 Å². The number of hydrogen-bond acceptors (Lipinski definition) is 5. The Hall–Kier alpha value is -1.57. The Labute approximate surface area is 122 Å². The van der Waals surface area contributed by atoms with Gasteiger partial charge in [0, 0.05) is 32.2 Å². The molecule has 0 amide bonds. The second kappa shape index (κ2) is 6.05. The molecule has 8 heteroatoms. The van der Waals surface area contributed by atoms with Crippen LogP contribution in [0, 0.1) is 0 Å². The standard InChI is InChI=1S/C13H20F3N5/c1-3-21-6-4-9(5-7-21)20(2)11-8-10(13(14,15)16)18-12(17)19-11/h8-9H,3-7H2,1-2H3,(H2,17,18,19). The highest BCUT2D eigenvalue weighted by Gasteiger charge is 2.34. The van der Waals surface area contributed by atoms with Crippen molar-refractivity contribution in [3.05, 3.63) is 11.8 Å². The summed E-state index contributed by atoms with van der Waals surface area (Å²) in [6.07, 6.45) is -2.72. The number of hydrogen-bond donors (Lipinski definition) is 1. The molecular formula is C13H20F3N5. The van der Waals surface area contributed by atoms with Crippen molar-refractivity contribution in [2.24, 2.45) is 0 Å². The number of piperidine rings is 1. The lowest BCUT2D eigenvalue weighted by atomic mass is 10.0. The molecule has 0 atom stereocenters. The Bertz CT molecular complexity index is 483. The number of rotatable bonds is 3. The number of anilines is 2. The maximum absolute atomic E-state index is 12.8. The zero-order valence-electron chi connectivity index (χ0n) is 12.2. The third kappa shape index (κ3) is 3.75. The Morgan fingerprint density at radius 3 is 2.48 bits per heavy atom. The van der Waals surface area contributed by atoms with Crippen LogP contribution in [-0.2, 0) is 6.18 Å². The van der Waals surface area contributed by atoms with Gasteiger partial charge in [-0.2, -0.15) is 18.2 Å². The summed E-state index contributed by atoms with van der Waals surface area (Å²) in [5.41, 5.74) is 4.41. The van der Waals surface area contributed by atoms with Crippen molar-refractivity contribution in [2.45, 2.75) is 32.0 Å². The summed E-state index contributed by atoms with van der Waals surface area (Å²) in [6.45, 7) is 4.98. The molecule has 21 heavy (non-hydrogen) atoms. The average molecular weight is 303 g/mol. The molecule has 1 aliphatic heterocycles. The highest BCUT2D eigenvalue weighted by Crippen LogP contribution is 2.31. The summed E-state index contributed by atoms with van der Waals surface area (Å²) in [6, 6.07) is 1.13. The van der Waals surface area contributed by atoms with E-state index < -0.39 is 11.9 Å². The summed E-state index contributed by atoms with van der Waals surface area (Å²) >= 11 is 0. The van der Waals surface area contributed by atoms with E-state index in [4.69, 9.17) is 5.73 Å². The first-order valence-electron chi connectivity index (χ1n) is 6.98. The van der Waals surface area contributed by atoms with Crippen molar-refractivity contribution in [1.82, 2.24) is 14.9 Å². The van der Waals surface area contributed by atoms with Gasteiger partial charge in [0.25, 0.3) is 0 Å². The second-order valence-corrected chi connectivity index (χ2v) is 5.24. The van der Waals surface area contributed by atoms with Crippen molar-refractivity contribution in [3.8, 4) is 0 Å². The van der Waals surface area contributed by atoms with Gasteiger partial charge in [0.1, 0.15) is 5.82 Å². The summed E-state index contributed by atoms with van der Waals surface area (Å²) in [7, 11) is 1.76. The minimum atomic E-state index is -4.52. The van der Waals surface area contributed by atoms with Gasteiger partial charge in [0.05, 0.1) is 0 Å². The van der Waals surface area contributed by atoms with Gasteiger partial charge in [-0.3, -0.25) is 0 Å². The van der Waals surface area contributed by atoms with Crippen LogP contribution in [-0.4, -0.2) is 47.6 Å². The van der Waals surface area contributed by atoms with Crippen molar-refractivity contribution in [1.29, 1.82) is 0 Å². The summed E-state index contributed by atoms with van der Waals surface area (Å²) in [5.74, 6) is -0.123. The summed E-state index contributed by atoms with van der Waals surface area (Å²) in [5, 5.41) is 0. The van der Waals surface area contributed by atoms with Crippen LogP contribution in [0.1, 0.15) is 25.5 Å². The van der Waals surface area contributed by atoms with Gasteiger partial charge >= 0.3 is 6.18 Å². The number of likely N-dealkylation sites (tertiary alicyclic amines) is 1. The predicted octanol–water partition coefficient (Wildman–Crippen LogP) is 2.00. The molecule has 1 saturated heterocycles. The SMILES string of the molecule is CCN1CCC(N(C)c2cc(C(F)(F)F)nc(N)n2)CC1. The molecule has 0 unspecified atom stereocenters. The zero-order chi connectivity index (χ0) is 15.6. The Morgan fingerprint density at radius 2 is 1.95 bits per heavy atom. The fraction of sp³-hybridized carbons (Fsp3) is 0.692. The Kier molecular flexibility index (Phi) is 4.55. The van der Waals surface area contributed by atoms with E-state index in [1.54, 1.807) is 11.9 Å². The smallest absolute Gasteiger partial charge is 0.368 e. The molecule has 0 bridgehead atoms. The monoisotopic (exact) mass is 303 g/mol. The minimum absolute atomic E-state index is 0.170. The molecule has 0 radical (unpaired) electrons. The third-order valence-electron chi connectivity index (χ3n) is 3.93. The minimum Gasteiger partial charge on any atom is -0.368 e. The number of aromatic nitrogens is 2. The molecule has 0 aliphatic carbocycles. The molecule has 1 aliphatic rings. The lowest BCUT2D eigenvalue weighted by Gasteiger charge is -2.37. The predicted molar refractivity (Wildman–Crippen MR) is 75.0 cm³/mol. The fourth-order valence-electron chi connectivity index (χ4n) is 2.59. The molecule has 5 nitrogen and oxygen atoms in total. The van der Waals surface area contributed by atoms with E-state index >= 15 is 0 Å². The molecular weight excluding hydrogens is 283 g/mol. The second-order valence-electron chi connectivity index (χ2n) is 5.24. The number of nitrogens with zero attached hydrogens (tertiary/aromatic N) is 4. The molecule has 0 spiro atoms. The maximum atomic E-state index is 12.8. The summed E-state index contributed by atoms with van der Waals surface area (Å²) < 4.78 is 38.3. The average Bonchev–Trinajstić information content (AvgIpc) is 2.45. The topological polar surface area (TPSA) is 58.3 Å². The van der Waals surface area contributed by atoms with E-state index in [0.717, 1.165) is 38.5 Å². The van der Waals surface area contributed by atoms with Crippen molar-refractivity contribution in [3.63, 3.8) is 0 Å². The molecule has 1 aromatic heterocycles. The van der Waals surface area contributed by atoms with Gasteiger partial charge in [-0.15, -0.1) is 0 Å². The normalized spacial score (nSPS) is 18.0. The van der Waals surface area contributed by atoms with Crippen LogP contribution in [0.2, 0.25) is 0 Å². The van der Waals surface area contributed by atoms with Gasteiger partial charge < -0.3 is 15.5 Å². The molecule has 2 N–H and O–H groups in total. The highest BCUT2D eigenvalue weighted by molar-refractivity contribution is 5.44. The van der Waals surface area contributed by atoms with Gasteiger partial charge in [0.15, 0.2) is 5.69 Å². The van der Waals surface area contributed by atoms with E-state index in [1.807, 2.05) is 0 Å². The maximum Gasteiger partial charge on any atom is 0.433 e. The Balaban J connectivity index is 2.16. The first-order chi connectivity index (χ1) is 9.81. The van der Waals surface area contributed by atoms with Crippen LogP contribution < -0.4 is 10.6 Å². The Morgan fingerprint density at radius 1 is 1.33 bits per heavy atom. The molecule has 2 heterocycles. The first-order valence-corrected chi connectivity index (χ1v) is 6.98. The lowest BCUT2D eigenvalue weighted by Crippen LogP contribution is -2.43. The molecule has 1 fully saturated rings. The molecule has 2 rings (SSSR count). The third-order valence-corrected chi connectivity index (χ3v) is 3.93. The summed E-state index contributed by atoms with van der Waals surface area (Å²) in [4.78, 5) is 11.3. The largest absolute Gasteiger partial charge is 0.433 e. The van der Waals surface area contributed by atoms with Crippen LogP contribution in [0.25, 0.3) is 0 Å². The van der Waals surface area contributed by atoms with E-state index in [-0.39, 0.29) is 17.8 Å². The van der Waals surface area contributed by atoms with Crippen molar-refractivity contribution < 1.29 is 13.2 Å². The van der Waals surface area contributed by atoms with Crippen LogP contribution in [0.15, 0.2) is 6.07 Å². The van der Waals surface area contributed by atoms with E-state index in [0.29, 0.717) is 0 Å². The van der Waals surface area contributed by atoms with Crippen molar-refractivity contribution >= 4 is 11.8 Å². The molecule has 0 aromatic carbocycles. The van der Waals surface area contributed by atoms with Crippen LogP contribution >= 0.6 is 0 Å². The quantitative estimate of drug-likeness (QED) is 0.925. The van der Waals surface area contributed by atoms with Crippen LogP contribution in [0.5, 0.6) is 0 Å². The highest BCUT2D eigenvalue weighted by atomic mass is 19.4. The fourth-order valence-corrected chi connectivity index (χ4v) is 2.59. The van der Waals surface area contributed by atoms with Crippen LogP contribution in [0.3, 0.4) is 0 Å². The molecule has 1 aromatic rings. The van der Waals surface area contributed by atoms with Gasteiger partial charge in [-0.05, 0) is 19.4 Å². The van der Waals surface area contributed by atoms with E-state index in [9.17, 15) is 13.2 Å². The number of nitrogen functional groups attached to an aromatic ring is 1. The molecule has 118 valence electrons. The van der Waals surface area contributed by atoms with E-state index in [2.05, 4.69) is 21.8 Å².